The van der Waals surface area contributed by atoms with E-state index in [2.05, 4.69) is 26.1 Å². The number of carbonyl (C=O) groups excluding carboxylic acids is 1. The number of morpholine rings is 1. The summed E-state index contributed by atoms with van der Waals surface area (Å²) in [4.78, 5) is 15.2. The lowest BCUT2D eigenvalue weighted by Gasteiger charge is -2.43. The summed E-state index contributed by atoms with van der Waals surface area (Å²) in [6, 6.07) is 3.83. The fourth-order valence-corrected chi connectivity index (χ4v) is 4.60. The molecule has 1 heterocycles. The number of amides is 1. The van der Waals surface area contributed by atoms with Crippen LogP contribution in [-0.4, -0.2) is 42.6 Å². The zero-order valence-corrected chi connectivity index (χ0v) is 15.8. The number of benzene rings is 1. The van der Waals surface area contributed by atoms with Crippen LogP contribution in [0.5, 0.6) is 0 Å². The number of aryl methyl sites for hydroxylation is 1. The number of anilines is 2. The average molecular weight is 396 g/mol. The molecule has 1 aliphatic carbocycles. The monoisotopic (exact) mass is 395 g/mol. The van der Waals surface area contributed by atoms with E-state index in [0.717, 1.165) is 49.2 Å². The fourth-order valence-electron chi connectivity index (χ4n) is 4.03. The minimum atomic E-state index is -0.0102. The minimum absolute atomic E-state index is 0.0102. The Kier molecular flexibility index (Phi) is 5.47. The topological polar surface area (TPSA) is 67.6 Å². The molecule has 1 aromatic carbocycles. The van der Waals surface area contributed by atoms with Gasteiger partial charge in [-0.3, -0.25) is 9.69 Å². The molecule has 0 atom stereocenters. The van der Waals surface area contributed by atoms with Crippen LogP contribution in [-0.2, 0) is 9.53 Å². The molecule has 1 aromatic rings. The number of nitrogens with zero attached hydrogens (tertiary/aromatic N) is 1. The summed E-state index contributed by atoms with van der Waals surface area (Å²) in [5, 5.41) is 3.03. The average Bonchev–Trinajstić information content (AvgIpc) is 3.02. The van der Waals surface area contributed by atoms with E-state index in [-0.39, 0.29) is 11.4 Å². The Bertz CT molecular complexity index is 609. The van der Waals surface area contributed by atoms with Gasteiger partial charge in [0.25, 0.3) is 0 Å². The van der Waals surface area contributed by atoms with Gasteiger partial charge in [0.1, 0.15) is 0 Å². The summed E-state index contributed by atoms with van der Waals surface area (Å²) in [5.74, 6) is 0.0487. The summed E-state index contributed by atoms with van der Waals surface area (Å²) in [5.41, 5.74) is 8.41. The van der Waals surface area contributed by atoms with Crippen LogP contribution in [0.1, 0.15) is 37.7 Å². The molecule has 0 unspecified atom stereocenters. The van der Waals surface area contributed by atoms with Crippen LogP contribution in [0.15, 0.2) is 16.6 Å². The molecule has 1 saturated heterocycles. The van der Waals surface area contributed by atoms with Gasteiger partial charge in [-0.25, -0.2) is 0 Å². The highest BCUT2D eigenvalue weighted by Crippen LogP contribution is 2.39. The number of halogens is 1. The van der Waals surface area contributed by atoms with Crippen molar-refractivity contribution in [2.24, 2.45) is 0 Å². The predicted molar refractivity (Wildman–Crippen MR) is 100 cm³/mol. The number of nitrogen functional groups attached to an aromatic ring is 1. The summed E-state index contributed by atoms with van der Waals surface area (Å²) < 4.78 is 6.41. The number of ether oxygens (including phenoxy) is 1. The first-order valence-corrected chi connectivity index (χ1v) is 9.48. The van der Waals surface area contributed by atoms with Gasteiger partial charge < -0.3 is 15.8 Å². The van der Waals surface area contributed by atoms with Gasteiger partial charge in [0.15, 0.2) is 0 Å². The molecule has 5 nitrogen and oxygen atoms in total. The lowest BCUT2D eigenvalue weighted by molar-refractivity contribution is -0.120. The Morgan fingerprint density at radius 2 is 2.00 bits per heavy atom. The first kappa shape index (κ1) is 17.7. The first-order chi connectivity index (χ1) is 11.5. The summed E-state index contributed by atoms with van der Waals surface area (Å²) in [6.45, 7) is 5.32. The van der Waals surface area contributed by atoms with E-state index < -0.39 is 0 Å². The third-order valence-corrected chi connectivity index (χ3v) is 5.79. The second-order valence-electron chi connectivity index (χ2n) is 6.94. The first-order valence-electron chi connectivity index (χ1n) is 8.68. The molecule has 1 saturated carbocycles. The molecule has 1 amide bonds. The number of nitrogens with two attached hydrogens (primary N) is 1. The van der Waals surface area contributed by atoms with Crippen LogP contribution in [0, 0.1) is 6.92 Å². The Morgan fingerprint density at radius 1 is 1.33 bits per heavy atom. The highest BCUT2D eigenvalue weighted by molar-refractivity contribution is 9.10. The van der Waals surface area contributed by atoms with Crippen molar-refractivity contribution in [1.82, 2.24) is 4.90 Å². The molecule has 0 aromatic heterocycles. The fraction of sp³-hybridized carbons (Fsp3) is 0.611. The Labute approximate surface area is 152 Å². The highest BCUT2D eigenvalue weighted by atomic mass is 79.9. The molecule has 2 aliphatic rings. The lowest BCUT2D eigenvalue weighted by Crippen LogP contribution is -2.53. The second-order valence-corrected chi connectivity index (χ2v) is 7.86. The zero-order chi connectivity index (χ0) is 17.2. The van der Waals surface area contributed by atoms with Crippen LogP contribution in [0.4, 0.5) is 11.4 Å². The van der Waals surface area contributed by atoms with Crippen molar-refractivity contribution < 1.29 is 9.53 Å². The lowest BCUT2D eigenvalue weighted by atomic mass is 9.90. The maximum absolute atomic E-state index is 12.8. The van der Waals surface area contributed by atoms with Gasteiger partial charge in [-0.15, -0.1) is 0 Å². The van der Waals surface area contributed by atoms with Gasteiger partial charge >= 0.3 is 0 Å². The number of hydrogen-bond acceptors (Lipinski definition) is 4. The Hall–Kier alpha value is -1.11. The molecule has 0 spiro atoms. The molecule has 3 N–H and O–H groups in total. The molecule has 24 heavy (non-hydrogen) atoms. The summed E-state index contributed by atoms with van der Waals surface area (Å²) >= 11 is 3.47. The van der Waals surface area contributed by atoms with Crippen LogP contribution in [0.3, 0.4) is 0 Å². The van der Waals surface area contributed by atoms with Gasteiger partial charge in [-0.2, -0.15) is 0 Å². The van der Waals surface area contributed by atoms with Crippen LogP contribution in [0.25, 0.3) is 0 Å². The molecular formula is C18H26BrN3O2. The van der Waals surface area contributed by atoms with Crippen molar-refractivity contribution >= 4 is 33.2 Å². The minimum Gasteiger partial charge on any atom is -0.397 e. The second kappa shape index (κ2) is 7.42. The van der Waals surface area contributed by atoms with Crippen molar-refractivity contribution in [3.63, 3.8) is 0 Å². The molecule has 0 radical (unpaired) electrons. The third kappa shape index (κ3) is 3.76. The SMILES string of the molecule is Cc1cc(Br)cc(NC(=O)CC2(N3CCOCC3)CCCC2)c1N. The normalized spacial score (nSPS) is 20.9. The van der Waals surface area contributed by atoms with Crippen molar-refractivity contribution in [3.05, 3.63) is 22.2 Å². The van der Waals surface area contributed by atoms with E-state index in [9.17, 15) is 4.79 Å². The van der Waals surface area contributed by atoms with Gasteiger partial charge in [-0.05, 0) is 37.5 Å². The van der Waals surface area contributed by atoms with Crippen LogP contribution in [0.2, 0.25) is 0 Å². The molecule has 6 heteroatoms. The van der Waals surface area contributed by atoms with E-state index in [0.29, 0.717) is 17.8 Å². The van der Waals surface area contributed by atoms with E-state index in [1.54, 1.807) is 0 Å². The standard InChI is InChI=1S/C18H26BrN3O2/c1-13-10-14(19)11-15(17(13)20)21-16(23)12-18(4-2-3-5-18)22-6-8-24-9-7-22/h10-11H,2-9,12,20H2,1H3,(H,21,23). The maximum atomic E-state index is 12.8. The van der Waals surface area contributed by atoms with E-state index in [4.69, 9.17) is 10.5 Å². The third-order valence-electron chi connectivity index (χ3n) is 5.33. The predicted octanol–water partition coefficient (Wildman–Crippen LogP) is 3.31. The molecule has 0 bridgehead atoms. The van der Waals surface area contributed by atoms with Gasteiger partial charge in [0, 0.05) is 29.5 Å². The van der Waals surface area contributed by atoms with Gasteiger partial charge in [0.05, 0.1) is 24.6 Å². The molecule has 1 aliphatic heterocycles. The van der Waals surface area contributed by atoms with Crippen molar-refractivity contribution in [1.29, 1.82) is 0 Å². The van der Waals surface area contributed by atoms with Crippen LogP contribution >= 0.6 is 15.9 Å². The van der Waals surface area contributed by atoms with Crippen LogP contribution < -0.4 is 11.1 Å². The Morgan fingerprint density at radius 3 is 2.67 bits per heavy atom. The molecule has 3 rings (SSSR count). The molecule has 132 valence electrons. The van der Waals surface area contributed by atoms with Crippen molar-refractivity contribution in [2.75, 3.05) is 37.4 Å². The van der Waals surface area contributed by atoms with E-state index in [1.807, 2.05) is 19.1 Å². The van der Waals surface area contributed by atoms with E-state index >= 15 is 0 Å². The van der Waals surface area contributed by atoms with E-state index in [1.165, 1.54) is 12.8 Å². The highest BCUT2D eigenvalue weighted by Gasteiger charge is 2.41. The van der Waals surface area contributed by atoms with Crippen molar-refractivity contribution in [2.45, 2.75) is 44.6 Å². The quantitative estimate of drug-likeness (QED) is 0.767. The number of rotatable bonds is 4. The zero-order valence-electron chi connectivity index (χ0n) is 14.2. The molecule has 2 fully saturated rings. The van der Waals surface area contributed by atoms with Gasteiger partial charge in [0.2, 0.25) is 5.91 Å². The number of nitrogens with one attached hydrogen (secondary N) is 1. The molecular weight excluding hydrogens is 370 g/mol. The summed E-state index contributed by atoms with van der Waals surface area (Å²) in [7, 11) is 0. The van der Waals surface area contributed by atoms with Gasteiger partial charge in [-0.1, -0.05) is 28.8 Å². The Balaban J connectivity index is 1.72. The smallest absolute Gasteiger partial charge is 0.226 e. The maximum Gasteiger partial charge on any atom is 0.226 e. The van der Waals surface area contributed by atoms with Crippen molar-refractivity contribution in [3.8, 4) is 0 Å². The number of carbonyl (C=O) groups is 1. The number of hydrogen-bond donors (Lipinski definition) is 2. The largest absolute Gasteiger partial charge is 0.397 e. The summed E-state index contributed by atoms with van der Waals surface area (Å²) in [6.07, 6.45) is 5.10.